The maximum atomic E-state index is 14.3. The molecule has 0 saturated carbocycles. The molecule has 0 aliphatic heterocycles. The molecular formula is C14H15Br2FOS2. The highest BCUT2D eigenvalue weighted by Gasteiger charge is 2.23. The second-order valence-electron chi connectivity index (χ2n) is 4.69. The minimum atomic E-state index is -0.364. The molecule has 2 rings (SSSR count). The zero-order valence-corrected chi connectivity index (χ0v) is 15.9. The van der Waals surface area contributed by atoms with E-state index in [1.807, 2.05) is 0 Å². The Morgan fingerprint density at radius 2 is 1.80 bits per heavy atom. The molecule has 0 saturated heterocycles. The molecule has 2 heterocycles. The van der Waals surface area contributed by atoms with Gasteiger partial charge < -0.3 is 0 Å². The van der Waals surface area contributed by atoms with Gasteiger partial charge in [0, 0.05) is 6.42 Å². The van der Waals surface area contributed by atoms with Gasteiger partial charge in [0.15, 0.2) is 11.6 Å². The van der Waals surface area contributed by atoms with E-state index in [1.165, 1.54) is 35.5 Å². The average molecular weight is 442 g/mol. The van der Waals surface area contributed by atoms with Gasteiger partial charge in [0.25, 0.3) is 0 Å². The fourth-order valence-corrected chi connectivity index (χ4v) is 6.60. The van der Waals surface area contributed by atoms with Crippen molar-refractivity contribution in [1.82, 2.24) is 0 Å². The fraction of sp³-hybridized carbons (Fsp3) is 0.500. The van der Waals surface area contributed by atoms with Crippen LogP contribution in [0.1, 0.15) is 55.1 Å². The van der Waals surface area contributed by atoms with E-state index in [9.17, 15) is 9.18 Å². The molecule has 110 valence electrons. The maximum absolute atomic E-state index is 14.3. The predicted octanol–water partition coefficient (Wildman–Crippen LogP) is 7.17. The highest BCUT2D eigenvalue weighted by atomic mass is 79.9. The van der Waals surface area contributed by atoms with Gasteiger partial charge in [0.05, 0.1) is 17.7 Å². The normalized spacial score (nSPS) is 11.4. The molecule has 2 aromatic heterocycles. The van der Waals surface area contributed by atoms with Crippen molar-refractivity contribution in [3.8, 4) is 0 Å². The molecular weight excluding hydrogens is 427 g/mol. The molecule has 20 heavy (non-hydrogen) atoms. The van der Waals surface area contributed by atoms with Crippen molar-refractivity contribution < 1.29 is 9.18 Å². The fourth-order valence-electron chi connectivity index (χ4n) is 2.08. The zero-order chi connectivity index (χ0) is 14.7. The van der Waals surface area contributed by atoms with Crippen LogP contribution in [0.5, 0.6) is 0 Å². The maximum Gasteiger partial charge on any atom is 0.175 e. The Balaban J connectivity index is 2.07. The summed E-state index contributed by atoms with van der Waals surface area (Å²) in [5.74, 6) is -0.429. The molecule has 0 atom stereocenters. The number of hydrogen-bond donors (Lipinski definition) is 0. The molecule has 0 spiro atoms. The van der Waals surface area contributed by atoms with Crippen molar-refractivity contribution in [2.75, 3.05) is 0 Å². The van der Waals surface area contributed by atoms with E-state index in [2.05, 4.69) is 38.8 Å². The molecule has 1 nitrogen and oxygen atoms in total. The lowest BCUT2D eigenvalue weighted by Crippen LogP contribution is -1.98. The van der Waals surface area contributed by atoms with Gasteiger partial charge in [0.2, 0.25) is 0 Å². The standard InChI is InChI=1S/C14H15Br2FOS2/c1-2-3-4-5-6-7-8(18)11-10(17)9-12(19-11)14(16)20-13(9)15/h2-7H2,1H3. The third-order valence-electron chi connectivity index (χ3n) is 3.16. The molecule has 0 aromatic carbocycles. The number of hydrogen-bond acceptors (Lipinski definition) is 3. The van der Waals surface area contributed by atoms with Crippen molar-refractivity contribution in [3.63, 3.8) is 0 Å². The Morgan fingerprint density at radius 3 is 2.45 bits per heavy atom. The first-order chi connectivity index (χ1) is 9.56. The molecule has 0 amide bonds. The number of halogens is 3. The third kappa shape index (κ3) is 3.51. The quantitative estimate of drug-likeness (QED) is 0.328. The van der Waals surface area contributed by atoms with Crippen LogP contribution in [0.4, 0.5) is 4.39 Å². The van der Waals surface area contributed by atoms with E-state index in [-0.39, 0.29) is 16.5 Å². The van der Waals surface area contributed by atoms with Crippen LogP contribution in [-0.2, 0) is 0 Å². The molecule has 0 aliphatic carbocycles. The van der Waals surface area contributed by atoms with E-state index in [1.54, 1.807) is 0 Å². The number of fused-ring (bicyclic) bond motifs is 1. The summed E-state index contributed by atoms with van der Waals surface area (Å²) < 4.78 is 16.8. The van der Waals surface area contributed by atoms with E-state index < -0.39 is 0 Å². The van der Waals surface area contributed by atoms with Gasteiger partial charge in [-0.25, -0.2) is 4.39 Å². The number of unbranched alkanes of at least 4 members (excludes halogenated alkanes) is 4. The average Bonchev–Trinajstić information content (AvgIpc) is 2.89. The number of Topliss-reactive ketones (excluding diaryl/α,β-unsaturated/α-hetero) is 1. The van der Waals surface area contributed by atoms with Gasteiger partial charge in [-0.15, -0.1) is 22.7 Å². The Bertz CT molecular complexity index is 618. The van der Waals surface area contributed by atoms with Crippen LogP contribution in [0, 0.1) is 5.82 Å². The SMILES string of the molecule is CCCCCCCC(=O)c1sc2c(Br)sc(Br)c2c1F. The van der Waals surface area contributed by atoms with Crippen molar-refractivity contribution in [2.45, 2.75) is 45.4 Å². The van der Waals surface area contributed by atoms with Crippen molar-refractivity contribution in [2.24, 2.45) is 0 Å². The molecule has 0 N–H and O–H groups in total. The van der Waals surface area contributed by atoms with Gasteiger partial charge in [-0.05, 0) is 38.3 Å². The monoisotopic (exact) mass is 440 g/mol. The van der Waals surface area contributed by atoms with E-state index in [0.717, 1.165) is 31.5 Å². The summed E-state index contributed by atoms with van der Waals surface area (Å²) in [4.78, 5) is 12.4. The van der Waals surface area contributed by atoms with Crippen LogP contribution >= 0.6 is 54.5 Å². The van der Waals surface area contributed by atoms with Crippen molar-refractivity contribution >= 4 is 70.4 Å². The molecule has 2 aromatic rings. The molecule has 0 radical (unpaired) electrons. The van der Waals surface area contributed by atoms with Gasteiger partial charge in [-0.3, -0.25) is 4.79 Å². The number of carbonyl (C=O) groups is 1. The molecule has 6 heteroatoms. The molecule has 0 fully saturated rings. The van der Waals surface area contributed by atoms with Gasteiger partial charge in [0.1, 0.15) is 4.88 Å². The Hall–Kier alpha value is 0.220. The van der Waals surface area contributed by atoms with Crippen LogP contribution in [0.25, 0.3) is 10.1 Å². The lowest BCUT2D eigenvalue weighted by molar-refractivity contribution is 0.0979. The number of thiophene rings is 2. The van der Waals surface area contributed by atoms with Crippen molar-refractivity contribution in [1.29, 1.82) is 0 Å². The summed E-state index contributed by atoms with van der Waals surface area (Å²) in [6.45, 7) is 2.16. The summed E-state index contributed by atoms with van der Waals surface area (Å²) in [7, 11) is 0. The first kappa shape index (κ1) is 16.6. The minimum absolute atomic E-state index is 0.0657. The highest BCUT2D eigenvalue weighted by molar-refractivity contribution is 9.12. The molecule has 0 bridgehead atoms. The first-order valence-corrected chi connectivity index (χ1v) is 9.87. The molecule has 0 unspecified atom stereocenters. The Kier molecular flexibility index (Phi) is 6.20. The van der Waals surface area contributed by atoms with E-state index in [4.69, 9.17) is 0 Å². The molecule has 0 aliphatic rings. The lowest BCUT2D eigenvalue weighted by atomic mass is 10.1. The van der Waals surface area contributed by atoms with E-state index >= 15 is 0 Å². The zero-order valence-electron chi connectivity index (χ0n) is 11.1. The third-order valence-corrected chi connectivity index (χ3v) is 7.31. The smallest absolute Gasteiger partial charge is 0.175 e. The second-order valence-corrected chi connectivity index (χ2v) is 9.36. The second kappa shape index (κ2) is 7.47. The van der Waals surface area contributed by atoms with Crippen LogP contribution in [0.15, 0.2) is 7.57 Å². The van der Waals surface area contributed by atoms with Crippen LogP contribution in [-0.4, -0.2) is 5.78 Å². The highest BCUT2D eigenvalue weighted by Crippen LogP contribution is 2.45. The summed E-state index contributed by atoms with van der Waals surface area (Å²) in [5.41, 5.74) is 0. The van der Waals surface area contributed by atoms with Gasteiger partial charge in [-0.1, -0.05) is 32.6 Å². The van der Waals surface area contributed by atoms with E-state index in [0.29, 0.717) is 11.8 Å². The summed E-state index contributed by atoms with van der Waals surface area (Å²) in [5, 5.41) is 0.543. The largest absolute Gasteiger partial charge is 0.293 e. The number of rotatable bonds is 7. The summed E-state index contributed by atoms with van der Waals surface area (Å²) in [6.07, 6.45) is 5.90. The van der Waals surface area contributed by atoms with Crippen molar-refractivity contribution in [3.05, 3.63) is 18.3 Å². The van der Waals surface area contributed by atoms with Gasteiger partial charge in [-0.2, -0.15) is 0 Å². The van der Waals surface area contributed by atoms with Crippen LogP contribution < -0.4 is 0 Å². The summed E-state index contributed by atoms with van der Waals surface area (Å²) in [6, 6.07) is 0. The van der Waals surface area contributed by atoms with Crippen LogP contribution in [0.3, 0.4) is 0 Å². The minimum Gasteiger partial charge on any atom is -0.293 e. The Labute approximate surface area is 142 Å². The summed E-state index contributed by atoms with van der Waals surface area (Å²) >= 11 is 9.47. The van der Waals surface area contributed by atoms with Gasteiger partial charge >= 0.3 is 0 Å². The first-order valence-electron chi connectivity index (χ1n) is 6.65. The number of carbonyl (C=O) groups excluding carboxylic acids is 1. The Morgan fingerprint density at radius 1 is 1.10 bits per heavy atom. The topological polar surface area (TPSA) is 17.1 Å². The lowest BCUT2D eigenvalue weighted by Gasteiger charge is -1.99. The predicted molar refractivity (Wildman–Crippen MR) is 92.8 cm³/mol. The van der Waals surface area contributed by atoms with Crippen LogP contribution in [0.2, 0.25) is 0 Å². The number of ketones is 1.